The largest absolute Gasteiger partial charge is 0.334 e. The SMILES string of the molecule is C1=CCCC(C2=CCC(c3ccccc3)N2c2ccc3c(-c4ccc5ccccc5c4)c4cc(-n5c(-c6ccccc6)ccc5-c5ccccc5)ccc4c(-c4ccc5c(c4)C4(c6ccccc6-c6ccccc64)c4ccccc4-5)c3c2)=C1. The maximum absolute atomic E-state index is 2.66. The predicted octanol–water partition coefficient (Wildman–Crippen LogP) is 21.1. The van der Waals surface area contributed by atoms with Crippen molar-refractivity contribution in [2.75, 3.05) is 4.90 Å². The molecule has 12 aromatic carbocycles. The van der Waals surface area contributed by atoms with Crippen LogP contribution in [0.15, 0.2) is 309 Å². The number of rotatable bonds is 8. The molecule has 0 amide bonds. The van der Waals surface area contributed by atoms with Crippen molar-refractivity contribution in [2.45, 2.75) is 30.7 Å². The molecule has 13 aromatic rings. The van der Waals surface area contributed by atoms with Gasteiger partial charge >= 0.3 is 0 Å². The first kappa shape index (κ1) is 47.5. The molecular formula is C81H56N2. The minimum absolute atomic E-state index is 0.141. The van der Waals surface area contributed by atoms with Crippen LogP contribution in [-0.4, -0.2) is 4.57 Å². The molecule has 3 aliphatic carbocycles. The molecule has 2 heteroatoms. The molecule has 1 atom stereocenters. The molecule has 17 rings (SSSR count). The second-order valence-corrected chi connectivity index (χ2v) is 22.9. The van der Waals surface area contributed by atoms with Crippen molar-refractivity contribution in [1.29, 1.82) is 0 Å². The molecule has 1 spiro atoms. The normalized spacial score (nSPS) is 15.4. The molecule has 0 radical (unpaired) electrons. The van der Waals surface area contributed by atoms with E-state index in [4.69, 9.17) is 0 Å². The zero-order chi connectivity index (χ0) is 54.6. The fourth-order valence-electron chi connectivity index (χ4n) is 15.1. The van der Waals surface area contributed by atoms with Crippen molar-refractivity contribution in [3.05, 3.63) is 336 Å². The molecule has 83 heavy (non-hydrogen) atoms. The van der Waals surface area contributed by atoms with Gasteiger partial charge in [-0.1, -0.05) is 249 Å². The lowest BCUT2D eigenvalue weighted by molar-refractivity contribution is 0.729. The van der Waals surface area contributed by atoms with Crippen LogP contribution in [0.2, 0.25) is 0 Å². The van der Waals surface area contributed by atoms with Crippen LogP contribution in [0.5, 0.6) is 0 Å². The van der Waals surface area contributed by atoms with Gasteiger partial charge < -0.3 is 9.47 Å². The summed E-state index contributed by atoms with van der Waals surface area (Å²) in [6.07, 6.45) is 12.4. The van der Waals surface area contributed by atoms with Gasteiger partial charge in [-0.25, -0.2) is 0 Å². The van der Waals surface area contributed by atoms with Gasteiger partial charge in [0.15, 0.2) is 0 Å². The first-order valence-corrected chi connectivity index (χ1v) is 29.4. The maximum atomic E-state index is 2.66. The Morgan fingerprint density at radius 3 is 1.51 bits per heavy atom. The second-order valence-electron chi connectivity index (χ2n) is 22.9. The van der Waals surface area contributed by atoms with E-state index >= 15 is 0 Å². The maximum Gasteiger partial charge on any atom is 0.0725 e. The zero-order valence-corrected chi connectivity index (χ0v) is 45.9. The third-order valence-electron chi connectivity index (χ3n) is 18.6. The molecule has 1 unspecified atom stereocenters. The number of nitrogens with zero attached hydrogens (tertiary/aromatic N) is 2. The average Bonchev–Trinajstić information content (AvgIpc) is 2.53. The molecule has 0 saturated heterocycles. The van der Waals surface area contributed by atoms with Crippen LogP contribution in [0.1, 0.15) is 53.1 Å². The van der Waals surface area contributed by atoms with E-state index in [9.17, 15) is 0 Å². The highest BCUT2D eigenvalue weighted by molar-refractivity contribution is 6.23. The van der Waals surface area contributed by atoms with Crippen LogP contribution in [0.4, 0.5) is 5.69 Å². The smallest absolute Gasteiger partial charge is 0.0725 e. The van der Waals surface area contributed by atoms with E-state index in [-0.39, 0.29) is 6.04 Å². The molecule has 2 heterocycles. The summed E-state index contributed by atoms with van der Waals surface area (Å²) < 4.78 is 2.48. The van der Waals surface area contributed by atoms with E-state index < -0.39 is 5.41 Å². The molecule has 4 aliphatic rings. The number of allylic oxidation sites excluding steroid dienone is 4. The zero-order valence-electron chi connectivity index (χ0n) is 45.9. The molecule has 2 nitrogen and oxygen atoms in total. The summed E-state index contributed by atoms with van der Waals surface area (Å²) in [6, 6.07) is 103. The fraction of sp³-hybridized carbons (Fsp3) is 0.0617. The molecule has 1 aliphatic heterocycles. The molecule has 0 fully saturated rings. The first-order valence-electron chi connectivity index (χ1n) is 29.4. The van der Waals surface area contributed by atoms with Crippen LogP contribution in [0.25, 0.3) is 105 Å². The number of hydrogen-bond acceptors (Lipinski definition) is 1. The van der Waals surface area contributed by atoms with E-state index in [1.54, 1.807) is 0 Å². The number of anilines is 1. The quantitative estimate of drug-likeness (QED) is 0.138. The van der Waals surface area contributed by atoms with Crippen LogP contribution < -0.4 is 4.90 Å². The molecule has 0 saturated carbocycles. The number of benzene rings is 12. The van der Waals surface area contributed by atoms with E-state index in [0.717, 1.165) is 36.3 Å². The highest BCUT2D eigenvalue weighted by atomic mass is 15.2. The lowest BCUT2D eigenvalue weighted by Gasteiger charge is -2.33. The van der Waals surface area contributed by atoms with Crippen LogP contribution in [-0.2, 0) is 5.41 Å². The van der Waals surface area contributed by atoms with Gasteiger partial charge in [-0.2, -0.15) is 0 Å². The van der Waals surface area contributed by atoms with E-state index in [2.05, 4.69) is 307 Å². The summed E-state index contributed by atoms with van der Waals surface area (Å²) in [7, 11) is 0. The second kappa shape index (κ2) is 18.9. The van der Waals surface area contributed by atoms with Crippen LogP contribution >= 0.6 is 0 Å². The van der Waals surface area contributed by atoms with Crippen molar-refractivity contribution >= 4 is 38.0 Å². The Hall–Kier alpha value is -10.3. The van der Waals surface area contributed by atoms with Gasteiger partial charge in [0.1, 0.15) is 0 Å². The van der Waals surface area contributed by atoms with Crippen LogP contribution in [0.3, 0.4) is 0 Å². The average molecular weight is 1060 g/mol. The Balaban J connectivity index is 0.995. The Morgan fingerprint density at radius 2 is 0.892 bits per heavy atom. The van der Waals surface area contributed by atoms with Crippen molar-refractivity contribution < 1.29 is 0 Å². The number of aromatic nitrogens is 1. The number of hydrogen-bond donors (Lipinski definition) is 0. The third kappa shape index (κ3) is 7.22. The van der Waals surface area contributed by atoms with E-state index in [1.807, 2.05) is 0 Å². The lowest BCUT2D eigenvalue weighted by atomic mass is 9.70. The number of fused-ring (bicyclic) bond motifs is 13. The topological polar surface area (TPSA) is 8.17 Å². The lowest BCUT2D eigenvalue weighted by Crippen LogP contribution is -2.25. The Morgan fingerprint density at radius 1 is 0.373 bits per heavy atom. The van der Waals surface area contributed by atoms with E-state index in [0.29, 0.717) is 0 Å². The van der Waals surface area contributed by atoms with Gasteiger partial charge in [0.05, 0.1) is 22.8 Å². The molecule has 390 valence electrons. The van der Waals surface area contributed by atoms with Crippen molar-refractivity contribution in [3.63, 3.8) is 0 Å². The van der Waals surface area contributed by atoms with Gasteiger partial charge in [0, 0.05) is 17.1 Å². The highest BCUT2D eigenvalue weighted by Gasteiger charge is 2.51. The summed E-state index contributed by atoms with van der Waals surface area (Å²) in [5, 5.41) is 7.32. The van der Waals surface area contributed by atoms with E-state index in [1.165, 1.54) is 133 Å². The molecular weight excluding hydrogens is 1000 g/mol. The highest BCUT2D eigenvalue weighted by Crippen LogP contribution is 2.63. The minimum Gasteiger partial charge on any atom is -0.334 e. The fourth-order valence-corrected chi connectivity index (χ4v) is 15.1. The summed E-state index contributed by atoms with van der Waals surface area (Å²) in [4.78, 5) is 2.66. The standard InChI is InChI=1S/C81H56N2/c1-5-22-54(23-6-1)75-45-46-76(55-24-7-2-8-25-55)82(75)61-41-44-68-69(51-61)79(59-38-37-53-21-13-14-30-58(53)49-59)67-43-40-62(83-77(56-26-9-3-10-27-56)47-48-78(83)57-28-11-4-12-29-57)52-70(67)80(68)60-39-42-66-65-33-17-20-36-73(65)81(74(66)50-60)71-34-18-15-31-63(71)64-32-16-19-35-72(64)81/h1-11,13-28,30-46,48-52,77H,12,29,47H2. The predicted molar refractivity (Wildman–Crippen MR) is 347 cm³/mol. The summed E-state index contributed by atoms with van der Waals surface area (Å²) in [5.41, 5.74) is 25.9. The first-order chi connectivity index (χ1) is 41.2. The van der Waals surface area contributed by atoms with Gasteiger partial charge in [0.2, 0.25) is 0 Å². The molecule has 1 aromatic heterocycles. The van der Waals surface area contributed by atoms with Crippen molar-refractivity contribution in [2.24, 2.45) is 0 Å². The minimum atomic E-state index is -0.499. The van der Waals surface area contributed by atoms with Gasteiger partial charge in [0.25, 0.3) is 0 Å². The monoisotopic (exact) mass is 1060 g/mol. The van der Waals surface area contributed by atoms with Crippen molar-refractivity contribution in [1.82, 2.24) is 4.57 Å². The third-order valence-corrected chi connectivity index (χ3v) is 18.6. The Labute approximate surface area is 484 Å². The van der Waals surface area contributed by atoms with Gasteiger partial charge in [-0.05, 0) is 189 Å². The summed E-state index contributed by atoms with van der Waals surface area (Å²) in [5.74, 6) is 0. The van der Waals surface area contributed by atoms with Crippen LogP contribution in [0, 0.1) is 0 Å². The molecule has 0 N–H and O–H groups in total. The van der Waals surface area contributed by atoms with Crippen molar-refractivity contribution in [3.8, 4) is 72.7 Å². The summed E-state index contributed by atoms with van der Waals surface area (Å²) in [6.45, 7) is 0. The van der Waals surface area contributed by atoms with Gasteiger partial charge in [-0.15, -0.1) is 0 Å². The summed E-state index contributed by atoms with van der Waals surface area (Å²) >= 11 is 0. The van der Waals surface area contributed by atoms with Gasteiger partial charge in [-0.3, -0.25) is 0 Å². The Bertz CT molecular complexity index is 4760. The molecule has 0 bridgehead atoms. The Kier molecular flexibility index (Phi) is 10.8.